The number of hydrogen-bond donors (Lipinski definition) is 0. The molecule has 0 heterocycles. The van der Waals surface area contributed by atoms with Gasteiger partial charge in [0.05, 0.1) is 19.1 Å². The summed E-state index contributed by atoms with van der Waals surface area (Å²) in [4.78, 5) is 12.1. The van der Waals surface area contributed by atoms with Gasteiger partial charge in [0.1, 0.15) is 0 Å². The Labute approximate surface area is 140 Å². The van der Waals surface area contributed by atoms with E-state index in [1.165, 1.54) is 0 Å². The zero-order valence-corrected chi connectivity index (χ0v) is 15.4. The number of ether oxygens (including phenoxy) is 1. The zero-order valence-electron chi connectivity index (χ0n) is 14.5. The van der Waals surface area contributed by atoms with Gasteiger partial charge in [0.2, 0.25) is 7.37 Å². The molecular formula is C18H29O4P. The summed E-state index contributed by atoms with van der Waals surface area (Å²) in [6.45, 7) is 6.73. The average Bonchev–Trinajstić information content (AvgIpc) is 2.56. The molecule has 0 N–H and O–H groups in total. The van der Waals surface area contributed by atoms with Crippen molar-refractivity contribution in [1.29, 1.82) is 0 Å². The van der Waals surface area contributed by atoms with Crippen LogP contribution in [0, 0.1) is 5.92 Å². The third-order valence-electron chi connectivity index (χ3n) is 3.61. The van der Waals surface area contributed by atoms with Gasteiger partial charge in [-0.15, -0.1) is 0 Å². The monoisotopic (exact) mass is 340 g/mol. The van der Waals surface area contributed by atoms with Crippen LogP contribution in [0.4, 0.5) is 0 Å². The Kier molecular flexibility index (Phi) is 9.20. The van der Waals surface area contributed by atoms with Crippen LogP contribution in [0.3, 0.4) is 0 Å². The van der Waals surface area contributed by atoms with E-state index in [9.17, 15) is 9.36 Å². The van der Waals surface area contributed by atoms with Crippen LogP contribution in [0.25, 0.3) is 0 Å². The summed E-state index contributed by atoms with van der Waals surface area (Å²) in [7, 11) is -3.05. The van der Waals surface area contributed by atoms with E-state index in [0.717, 1.165) is 25.7 Å². The molecular weight excluding hydrogens is 311 g/mol. The van der Waals surface area contributed by atoms with Gasteiger partial charge in [-0.2, -0.15) is 0 Å². The SMILES string of the molecule is CCCCOC(=O)C(C)CP(=O)(OCCCC)c1ccccc1. The van der Waals surface area contributed by atoms with E-state index < -0.39 is 13.3 Å². The van der Waals surface area contributed by atoms with E-state index in [-0.39, 0.29) is 12.1 Å². The molecule has 0 aromatic heterocycles. The molecule has 1 aromatic rings. The second-order valence-electron chi connectivity index (χ2n) is 5.80. The lowest BCUT2D eigenvalue weighted by molar-refractivity contribution is -0.147. The standard InChI is InChI=1S/C18H29O4P/c1-4-6-13-21-18(19)16(3)15-23(20,22-14-7-5-2)17-11-9-8-10-12-17/h8-12,16H,4-7,13-15H2,1-3H3. The first kappa shape index (κ1) is 19.9. The summed E-state index contributed by atoms with van der Waals surface area (Å²) in [6.07, 6.45) is 3.84. The first-order valence-corrected chi connectivity index (χ1v) is 10.3. The second kappa shape index (κ2) is 10.6. The Morgan fingerprint density at radius 3 is 2.30 bits per heavy atom. The fourth-order valence-electron chi connectivity index (χ4n) is 2.14. The van der Waals surface area contributed by atoms with Crippen molar-refractivity contribution in [3.8, 4) is 0 Å². The molecule has 23 heavy (non-hydrogen) atoms. The van der Waals surface area contributed by atoms with Crippen LogP contribution in [0.2, 0.25) is 0 Å². The van der Waals surface area contributed by atoms with Gasteiger partial charge in [-0.1, -0.05) is 51.8 Å². The molecule has 0 bridgehead atoms. The maximum Gasteiger partial charge on any atom is 0.309 e. The van der Waals surface area contributed by atoms with Gasteiger partial charge < -0.3 is 9.26 Å². The lowest BCUT2D eigenvalue weighted by Crippen LogP contribution is -2.23. The van der Waals surface area contributed by atoms with Gasteiger partial charge in [0.25, 0.3) is 0 Å². The summed E-state index contributed by atoms with van der Waals surface area (Å²) in [6, 6.07) is 9.18. The quantitative estimate of drug-likeness (QED) is 0.341. The van der Waals surface area contributed by atoms with Gasteiger partial charge >= 0.3 is 5.97 Å². The summed E-state index contributed by atoms with van der Waals surface area (Å²) in [5, 5.41) is 0.671. The Bertz CT molecular complexity index is 501. The van der Waals surface area contributed by atoms with Crippen molar-refractivity contribution in [2.45, 2.75) is 46.5 Å². The van der Waals surface area contributed by atoms with Gasteiger partial charge in [-0.3, -0.25) is 9.36 Å². The first-order chi connectivity index (χ1) is 11.0. The maximum atomic E-state index is 13.3. The third kappa shape index (κ3) is 6.88. The molecule has 1 rings (SSSR count). The Morgan fingerprint density at radius 2 is 1.70 bits per heavy atom. The van der Waals surface area contributed by atoms with Gasteiger partial charge in [0.15, 0.2) is 0 Å². The lowest BCUT2D eigenvalue weighted by Gasteiger charge is -2.22. The van der Waals surface area contributed by atoms with Crippen LogP contribution >= 0.6 is 7.37 Å². The highest BCUT2D eigenvalue weighted by molar-refractivity contribution is 7.67. The molecule has 0 saturated carbocycles. The molecule has 0 saturated heterocycles. The molecule has 0 spiro atoms. The van der Waals surface area contributed by atoms with E-state index in [4.69, 9.17) is 9.26 Å². The number of esters is 1. The molecule has 130 valence electrons. The highest BCUT2D eigenvalue weighted by Gasteiger charge is 2.31. The van der Waals surface area contributed by atoms with Crippen LogP contribution in [-0.2, 0) is 18.6 Å². The minimum absolute atomic E-state index is 0.186. The summed E-state index contributed by atoms with van der Waals surface area (Å²) >= 11 is 0. The molecule has 0 aliphatic rings. The number of benzene rings is 1. The van der Waals surface area contributed by atoms with E-state index in [1.807, 2.05) is 37.3 Å². The molecule has 0 amide bonds. The Balaban J connectivity index is 2.76. The summed E-state index contributed by atoms with van der Waals surface area (Å²) < 4.78 is 24.3. The highest BCUT2D eigenvalue weighted by Crippen LogP contribution is 2.47. The number of carbonyl (C=O) groups excluding carboxylic acids is 1. The average molecular weight is 340 g/mol. The predicted molar refractivity (Wildman–Crippen MR) is 94.4 cm³/mol. The Morgan fingerprint density at radius 1 is 1.09 bits per heavy atom. The van der Waals surface area contributed by atoms with Crippen LogP contribution < -0.4 is 5.30 Å². The smallest absolute Gasteiger partial charge is 0.309 e. The molecule has 0 radical (unpaired) electrons. The normalized spacial score (nSPS) is 14.9. The summed E-state index contributed by atoms with van der Waals surface area (Å²) in [5.74, 6) is -0.742. The van der Waals surface area contributed by atoms with E-state index >= 15 is 0 Å². The molecule has 0 aliphatic carbocycles. The molecule has 2 unspecified atom stereocenters. The van der Waals surface area contributed by atoms with Crippen molar-refractivity contribution in [3.63, 3.8) is 0 Å². The van der Waals surface area contributed by atoms with Crippen molar-refractivity contribution >= 4 is 18.6 Å². The van der Waals surface area contributed by atoms with Gasteiger partial charge in [-0.05, 0) is 25.0 Å². The molecule has 5 heteroatoms. The third-order valence-corrected chi connectivity index (χ3v) is 6.32. The minimum Gasteiger partial charge on any atom is -0.465 e. The van der Waals surface area contributed by atoms with Gasteiger partial charge in [-0.25, -0.2) is 0 Å². The number of unbranched alkanes of at least 4 members (excludes halogenated alkanes) is 2. The fraction of sp³-hybridized carbons (Fsp3) is 0.611. The molecule has 2 atom stereocenters. The Hall–Kier alpha value is -1.12. The van der Waals surface area contributed by atoms with Crippen LogP contribution in [0.5, 0.6) is 0 Å². The maximum absolute atomic E-state index is 13.3. The van der Waals surface area contributed by atoms with E-state index in [2.05, 4.69) is 6.92 Å². The zero-order chi connectivity index (χ0) is 17.1. The fourth-order valence-corrected chi connectivity index (χ4v) is 4.52. The second-order valence-corrected chi connectivity index (χ2v) is 8.29. The van der Waals surface area contributed by atoms with Crippen LogP contribution in [0.15, 0.2) is 30.3 Å². The largest absolute Gasteiger partial charge is 0.465 e. The van der Waals surface area contributed by atoms with Crippen molar-refractivity contribution < 1.29 is 18.6 Å². The number of carbonyl (C=O) groups is 1. The summed E-state index contributed by atoms with van der Waals surface area (Å²) in [5.41, 5.74) is 0. The number of rotatable bonds is 11. The predicted octanol–water partition coefficient (Wildman–Crippen LogP) is 4.39. The lowest BCUT2D eigenvalue weighted by atomic mass is 10.2. The van der Waals surface area contributed by atoms with Gasteiger partial charge in [0, 0.05) is 11.5 Å². The molecule has 4 nitrogen and oxygen atoms in total. The van der Waals surface area contributed by atoms with E-state index in [1.54, 1.807) is 6.92 Å². The van der Waals surface area contributed by atoms with Crippen molar-refractivity contribution in [3.05, 3.63) is 30.3 Å². The van der Waals surface area contributed by atoms with Crippen molar-refractivity contribution in [2.24, 2.45) is 5.92 Å². The van der Waals surface area contributed by atoms with Crippen LogP contribution in [-0.4, -0.2) is 25.3 Å². The van der Waals surface area contributed by atoms with Crippen LogP contribution in [0.1, 0.15) is 46.5 Å². The number of hydrogen-bond acceptors (Lipinski definition) is 4. The van der Waals surface area contributed by atoms with Crippen molar-refractivity contribution in [1.82, 2.24) is 0 Å². The molecule has 0 fully saturated rings. The minimum atomic E-state index is -3.05. The first-order valence-electron chi connectivity index (χ1n) is 8.49. The van der Waals surface area contributed by atoms with E-state index in [0.29, 0.717) is 18.5 Å². The molecule has 1 aromatic carbocycles. The highest BCUT2D eigenvalue weighted by atomic mass is 31.2. The molecule has 0 aliphatic heterocycles. The van der Waals surface area contributed by atoms with Crippen molar-refractivity contribution in [2.75, 3.05) is 19.4 Å². The topological polar surface area (TPSA) is 52.6 Å².